The molecule has 110 valence electrons. The lowest BCUT2D eigenvalue weighted by molar-refractivity contribution is -0.132. The predicted octanol–water partition coefficient (Wildman–Crippen LogP) is 2.69. The van der Waals surface area contributed by atoms with Crippen molar-refractivity contribution in [2.45, 2.75) is 43.4 Å². The summed E-state index contributed by atoms with van der Waals surface area (Å²) in [6.07, 6.45) is 1.07. The monoisotopic (exact) mass is 292 g/mol. The van der Waals surface area contributed by atoms with Crippen molar-refractivity contribution in [3.05, 3.63) is 29.8 Å². The van der Waals surface area contributed by atoms with Crippen molar-refractivity contribution >= 4 is 17.7 Å². The summed E-state index contributed by atoms with van der Waals surface area (Å²) in [5.41, 5.74) is 1.25. The van der Waals surface area contributed by atoms with E-state index >= 15 is 0 Å². The fourth-order valence-electron chi connectivity index (χ4n) is 2.60. The Labute approximate surface area is 126 Å². The van der Waals surface area contributed by atoms with Crippen molar-refractivity contribution in [3.8, 4) is 0 Å². The highest BCUT2D eigenvalue weighted by molar-refractivity contribution is 8.00. The smallest absolute Gasteiger partial charge is 0.236 e. The molecule has 1 aromatic carbocycles. The van der Waals surface area contributed by atoms with Gasteiger partial charge in [-0.05, 0) is 45.9 Å². The molecule has 0 radical (unpaired) electrons. The molecule has 0 saturated carbocycles. The SMILES string of the molecule is CCN(C(=O)C(C)Sc1ccc(C)cc1)C1CCNC1. The molecule has 1 saturated heterocycles. The largest absolute Gasteiger partial charge is 0.338 e. The molecule has 4 heteroatoms. The highest BCUT2D eigenvalue weighted by Crippen LogP contribution is 2.25. The number of nitrogens with zero attached hydrogens (tertiary/aromatic N) is 1. The number of carbonyl (C=O) groups is 1. The van der Waals surface area contributed by atoms with Crippen LogP contribution in [0.25, 0.3) is 0 Å². The topological polar surface area (TPSA) is 32.3 Å². The molecule has 0 bridgehead atoms. The van der Waals surface area contributed by atoms with Crippen LogP contribution in [-0.4, -0.2) is 41.7 Å². The second-order valence-corrected chi connectivity index (χ2v) is 6.76. The normalized spacial score (nSPS) is 19.9. The molecule has 20 heavy (non-hydrogen) atoms. The van der Waals surface area contributed by atoms with Crippen molar-refractivity contribution in [3.63, 3.8) is 0 Å². The van der Waals surface area contributed by atoms with Gasteiger partial charge in [0, 0.05) is 24.0 Å². The summed E-state index contributed by atoms with van der Waals surface area (Å²) in [6, 6.07) is 8.75. The van der Waals surface area contributed by atoms with E-state index in [2.05, 4.69) is 43.4 Å². The van der Waals surface area contributed by atoms with E-state index in [0.717, 1.165) is 31.0 Å². The van der Waals surface area contributed by atoms with Crippen molar-refractivity contribution in [2.24, 2.45) is 0 Å². The van der Waals surface area contributed by atoms with E-state index in [4.69, 9.17) is 0 Å². The van der Waals surface area contributed by atoms with Gasteiger partial charge >= 0.3 is 0 Å². The minimum atomic E-state index is -0.0294. The molecule has 2 atom stereocenters. The maximum absolute atomic E-state index is 12.6. The number of nitrogens with one attached hydrogen (secondary N) is 1. The summed E-state index contributed by atoms with van der Waals surface area (Å²) in [7, 11) is 0. The van der Waals surface area contributed by atoms with Crippen molar-refractivity contribution in [2.75, 3.05) is 19.6 Å². The van der Waals surface area contributed by atoms with Crippen LogP contribution in [0.5, 0.6) is 0 Å². The van der Waals surface area contributed by atoms with E-state index in [1.165, 1.54) is 5.56 Å². The summed E-state index contributed by atoms with van der Waals surface area (Å²) >= 11 is 1.65. The van der Waals surface area contributed by atoms with Crippen molar-refractivity contribution in [1.82, 2.24) is 10.2 Å². The van der Waals surface area contributed by atoms with Gasteiger partial charge in [-0.3, -0.25) is 4.79 Å². The first-order valence-corrected chi connectivity index (χ1v) is 8.24. The summed E-state index contributed by atoms with van der Waals surface area (Å²) in [5, 5.41) is 3.31. The quantitative estimate of drug-likeness (QED) is 0.847. The van der Waals surface area contributed by atoms with Crippen LogP contribution < -0.4 is 5.32 Å². The summed E-state index contributed by atoms with van der Waals surface area (Å²) in [6.45, 7) is 8.91. The Morgan fingerprint density at radius 3 is 2.70 bits per heavy atom. The third kappa shape index (κ3) is 3.76. The van der Waals surface area contributed by atoms with E-state index in [1.54, 1.807) is 11.8 Å². The Morgan fingerprint density at radius 1 is 1.45 bits per heavy atom. The van der Waals surface area contributed by atoms with Crippen molar-refractivity contribution < 1.29 is 4.79 Å². The number of carbonyl (C=O) groups excluding carboxylic acids is 1. The molecule has 2 unspecified atom stereocenters. The lowest BCUT2D eigenvalue weighted by Crippen LogP contribution is -2.44. The molecule has 1 fully saturated rings. The minimum absolute atomic E-state index is 0.0294. The molecule has 1 N–H and O–H groups in total. The van der Waals surface area contributed by atoms with Crippen LogP contribution in [0.15, 0.2) is 29.2 Å². The van der Waals surface area contributed by atoms with Gasteiger partial charge < -0.3 is 10.2 Å². The molecule has 2 rings (SSSR count). The first-order valence-electron chi connectivity index (χ1n) is 7.36. The Morgan fingerprint density at radius 2 is 2.15 bits per heavy atom. The van der Waals surface area contributed by atoms with E-state index in [9.17, 15) is 4.79 Å². The standard InChI is InChI=1S/C16H24N2OS/c1-4-18(14-9-10-17-11-14)16(19)13(3)20-15-7-5-12(2)6-8-15/h5-8,13-14,17H,4,9-11H2,1-3H3. The molecule has 1 amide bonds. The van der Waals surface area contributed by atoms with Gasteiger partial charge in [-0.2, -0.15) is 0 Å². The third-order valence-corrected chi connectivity index (χ3v) is 4.88. The highest BCUT2D eigenvalue weighted by Gasteiger charge is 2.28. The van der Waals surface area contributed by atoms with E-state index in [1.807, 2.05) is 11.8 Å². The average molecular weight is 292 g/mol. The van der Waals surface area contributed by atoms with E-state index < -0.39 is 0 Å². The molecule has 3 nitrogen and oxygen atoms in total. The molecule has 1 aromatic rings. The lowest BCUT2D eigenvalue weighted by Gasteiger charge is -2.29. The fraction of sp³-hybridized carbons (Fsp3) is 0.562. The number of aryl methyl sites for hydroxylation is 1. The minimum Gasteiger partial charge on any atom is -0.338 e. The number of rotatable bonds is 5. The molecule has 1 aliphatic heterocycles. The molecular formula is C16H24N2OS. The van der Waals surface area contributed by atoms with Gasteiger partial charge in [0.1, 0.15) is 0 Å². The first kappa shape index (κ1) is 15.4. The lowest BCUT2D eigenvalue weighted by atomic mass is 10.2. The highest BCUT2D eigenvalue weighted by atomic mass is 32.2. The number of benzene rings is 1. The summed E-state index contributed by atoms with van der Waals surface area (Å²) in [5.74, 6) is 0.256. The van der Waals surface area contributed by atoms with Gasteiger partial charge in [-0.15, -0.1) is 11.8 Å². The van der Waals surface area contributed by atoms with Gasteiger partial charge in [0.15, 0.2) is 0 Å². The first-order chi connectivity index (χ1) is 9.61. The third-order valence-electron chi connectivity index (χ3n) is 3.78. The van der Waals surface area contributed by atoms with Gasteiger partial charge in [0.05, 0.1) is 5.25 Å². The van der Waals surface area contributed by atoms with Crippen LogP contribution in [0.4, 0.5) is 0 Å². The molecule has 0 aromatic heterocycles. The number of likely N-dealkylation sites (N-methyl/N-ethyl adjacent to an activating group) is 1. The van der Waals surface area contributed by atoms with Crippen molar-refractivity contribution in [1.29, 1.82) is 0 Å². The van der Waals surface area contributed by atoms with Crippen LogP contribution in [0.1, 0.15) is 25.8 Å². The Bertz CT molecular complexity index is 440. The molecule has 1 heterocycles. The van der Waals surface area contributed by atoms with Crippen LogP contribution >= 0.6 is 11.8 Å². The number of hydrogen-bond donors (Lipinski definition) is 1. The van der Waals surface area contributed by atoms with Gasteiger partial charge in [-0.1, -0.05) is 17.7 Å². The number of hydrogen-bond acceptors (Lipinski definition) is 3. The van der Waals surface area contributed by atoms with Crippen LogP contribution in [0.3, 0.4) is 0 Å². The Kier molecular flexibility index (Phi) is 5.49. The van der Waals surface area contributed by atoms with Crippen LogP contribution in [0.2, 0.25) is 0 Å². The molecule has 0 spiro atoms. The number of amides is 1. The van der Waals surface area contributed by atoms with Crippen LogP contribution in [-0.2, 0) is 4.79 Å². The maximum Gasteiger partial charge on any atom is 0.236 e. The molecule has 0 aliphatic carbocycles. The Balaban J connectivity index is 1.97. The number of thioether (sulfide) groups is 1. The maximum atomic E-state index is 12.6. The zero-order chi connectivity index (χ0) is 14.5. The van der Waals surface area contributed by atoms with E-state index in [-0.39, 0.29) is 11.2 Å². The zero-order valence-corrected chi connectivity index (χ0v) is 13.4. The molecular weight excluding hydrogens is 268 g/mol. The second kappa shape index (κ2) is 7.14. The second-order valence-electron chi connectivity index (χ2n) is 5.34. The summed E-state index contributed by atoms with van der Waals surface area (Å²) < 4.78 is 0. The van der Waals surface area contributed by atoms with E-state index in [0.29, 0.717) is 6.04 Å². The Hall–Kier alpha value is -1.00. The van der Waals surface area contributed by atoms with Gasteiger partial charge in [-0.25, -0.2) is 0 Å². The fourth-order valence-corrected chi connectivity index (χ4v) is 3.54. The summed E-state index contributed by atoms with van der Waals surface area (Å²) in [4.78, 5) is 15.8. The predicted molar refractivity (Wildman–Crippen MR) is 85.2 cm³/mol. The zero-order valence-electron chi connectivity index (χ0n) is 12.6. The van der Waals surface area contributed by atoms with Crippen LogP contribution in [0, 0.1) is 6.92 Å². The molecule has 1 aliphatic rings. The van der Waals surface area contributed by atoms with Gasteiger partial charge in [0.2, 0.25) is 5.91 Å². The average Bonchev–Trinajstić information content (AvgIpc) is 2.96. The van der Waals surface area contributed by atoms with Gasteiger partial charge in [0.25, 0.3) is 0 Å².